The van der Waals surface area contributed by atoms with Crippen LogP contribution in [0.3, 0.4) is 0 Å². The topological polar surface area (TPSA) is 77.9 Å². The van der Waals surface area contributed by atoms with Gasteiger partial charge in [-0.05, 0) is 19.8 Å². The van der Waals surface area contributed by atoms with Crippen LogP contribution in [0.5, 0.6) is 0 Å². The van der Waals surface area contributed by atoms with Gasteiger partial charge in [0.05, 0.1) is 17.1 Å². The summed E-state index contributed by atoms with van der Waals surface area (Å²) >= 11 is 1.87. The van der Waals surface area contributed by atoms with Gasteiger partial charge in [-0.2, -0.15) is 10.1 Å². The van der Waals surface area contributed by atoms with Gasteiger partial charge in [0.25, 0.3) is 0 Å². The van der Waals surface area contributed by atoms with Gasteiger partial charge in [0, 0.05) is 44.5 Å². The Bertz CT molecular complexity index is 721. The summed E-state index contributed by atoms with van der Waals surface area (Å²) in [5, 5.41) is 8.15. The summed E-state index contributed by atoms with van der Waals surface area (Å²) in [6.07, 6.45) is 3.39. The molecule has 2 N–H and O–H groups in total. The molecule has 0 spiro atoms. The third-order valence-electron chi connectivity index (χ3n) is 5.48. The van der Waals surface area contributed by atoms with Crippen LogP contribution >= 0.6 is 11.8 Å². The molecular weight excluding hydrogens is 350 g/mol. The normalized spacial score (nSPS) is 25.6. The van der Waals surface area contributed by atoms with E-state index in [9.17, 15) is 0 Å². The quantitative estimate of drug-likeness (QED) is 0.813. The number of piperazine rings is 1. The minimum absolute atomic E-state index is 0.287. The van der Waals surface area contributed by atoms with E-state index in [2.05, 4.69) is 32.6 Å². The van der Waals surface area contributed by atoms with Crippen molar-refractivity contribution in [3.8, 4) is 0 Å². The molecule has 0 aromatic carbocycles. The van der Waals surface area contributed by atoms with Crippen molar-refractivity contribution in [2.24, 2.45) is 5.10 Å². The lowest BCUT2D eigenvalue weighted by atomic mass is 10.1. The van der Waals surface area contributed by atoms with Crippen LogP contribution in [0.1, 0.15) is 25.5 Å². The molecule has 1 unspecified atom stereocenters. The second-order valence-corrected chi connectivity index (χ2v) is 8.33. The van der Waals surface area contributed by atoms with Crippen molar-refractivity contribution in [1.82, 2.24) is 20.3 Å². The van der Waals surface area contributed by atoms with E-state index in [1.807, 2.05) is 11.8 Å². The number of anilines is 2. The Morgan fingerprint density at radius 2 is 2.12 bits per heavy atom. The molecule has 8 nitrogen and oxygen atoms in total. The number of rotatable bonds is 3. The molecule has 9 heteroatoms. The number of thioether (sulfide) groups is 1. The van der Waals surface area contributed by atoms with Crippen LogP contribution < -0.4 is 15.6 Å². The van der Waals surface area contributed by atoms with Crippen LogP contribution in [0.25, 0.3) is 0 Å². The van der Waals surface area contributed by atoms with Gasteiger partial charge in [0.2, 0.25) is 5.95 Å². The van der Waals surface area contributed by atoms with Gasteiger partial charge in [0.15, 0.2) is 0 Å². The predicted molar refractivity (Wildman–Crippen MR) is 103 cm³/mol. The van der Waals surface area contributed by atoms with Gasteiger partial charge in [-0.1, -0.05) is 0 Å². The molecule has 2 fully saturated rings. The zero-order valence-corrected chi connectivity index (χ0v) is 15.9. The van der Waals surface area contributed by atoms with Crippen LogP contribution in [0.15, 0.2) is 10.00 Å². The average Bonchev–Trinajstić information content (AvgIpc) is 3.29. The number of hydrazone groups is 1. The average molecular weight is 376 g/mol. The van der Waals surface area contributed by atoms with Crippen molar-refractivity contribution in [3.05, 3.63) is 5.69 Å². The van der Waals surface area contributed by atoms with Gasteiger partial charge in [0.1, 0.15) is 17.8 Å². The van der Waals surface area contributed by atoms with Crippen molar-refractivity contribution in [3.63, 3.8) is 0 Å². The molecule has 140 valence electrons. The van der Waals surface area contributed by atoms with Crippen molar-refractivity contribution in [2.75, 3.05) is 48.8 Å². The van der Waals surface area contributed by atoms with E-state index in [1.54, 1.807) is 0 Å². The summed E-state index contributed by atoms with van der Waals surface area (Å²) in [4.78, 5) is 15.7. The Labute approximate surface area is 157 Å². The number of ether oxygens (including phenoxy) is 1. The Balaban J connectivity index is 1.40. The van der Waals surface area contributed by atoms with Gasteiger partial charge in [-0.15, -0.1) is 11.8 Å². The summed E-state index contributed by atoms with van der Waals surface area (Å²) in [6, 6.07) is 0.443. The molecule has 5 rings (SSSR count). The fraction of sp³-hybridized carbons (Fsp3) is 0.706. The van der Waals surface area contributed by atoms with Crippen LogP contribution in [-0.4, -0.2) is 71.5 Å². The first-order valence-electron chi connectivity index (χ1n) is 9.49. The first-order chi connectivity index (χ1) is 12.8. The molecule has 4 aliphatic heterocycles. The van der Waals surface area contributed by atoms with Crippen LogP contribution in [0.2, 0.25) is 0 Å². The molecule has 4 aliphatic rings. The molecule has 0 bridgehead atoms. The molecule has 2 saturated heterocycles. The molecule has 1 aromatic heterocycles. The van der Waals surface area contributed by atoms with E-state index in [0.29, 0.717) is 6.04 Å². The third kappa shape index (κ3) is 2.96. The second kappa shape index (κ2) is 6.77. The highest BCUT2D eigenvalue weighted by Gasteiger charge is 2.32. The molecule has 0 radical (unpaired) electrons. The maximum absolute atomic E-state index is 5.49. The van der Waals surface area contributed by atoms with E-state index in [-0.39, 0.29) is 6.17 Å². The molecule has 0 aliphatic carbocycles. The number of hydrogen-bond acceptors (Lipinski definition) is 9. The summed E-state index contributed by atoms with van der Waals surface area (Å²) in [6.45, 7) is 6.44. The van der Waals surface area contributed by atoms with Crippen molar-refractivity contribution < 1.29 is 4.74 Å². The highest BCUT2D eigenvalue weighted by Crippen LogP contribution is 2.37. The molecule has 1 aromatic rings. The molecule has 26 heavy (non-hydrogen) atoms. The smallest absolute Gasteiger partial charge is 0.228 e. The lowest BCUT2D eigenvalue weighted by Gasteiger charge is -2.35. The van der Waals surface area contributed by atoms with Crippen molar-refractivity contribution in [1.29, 1.82) is 0 Å². The number of aryl methyl sites for hydroxylation is 1. The number of hydrogen-bond donors (Lipinski definition) is 2. The van der Waals surface area contributed by atoms with Crippen LogP contribution in [0.4, 0.5) is 11.8 Å². The number of nitrogens with one attached hydrogen (secondary N) is 2. The largest absolute Gasteiger partial charge is 0.381 e. The van der Waals surface area contributed by atoms with E-state index in [0.717, 1.165) is 75.5 Å². The number of aromatic nitrogens is 2. The van der Waals surface area contributed by atoms with E-state index < -0.39 is 0 Å². The lowest BCUT2D eigenvalue weighted by molar-refractivity contribution is 0.0903. The highest BCUT2D eigenvalue weighted by atomic mass is 32.2. The fourth-order valence-electron chi connectivity index (χ4n) is 3.95. The minimum Gasteiger partial charge on any atom is -0.381 e. The maximum Gasteiger partial charge on any atom is 0.228 e. The summed E-state index contributed by atoms with van der Waals surface area (Å²) in [7, 11) is 0. The molecule has 0 amide bonds. The molecular formula is C17H25N7OS. The van der Waals surface area contributed by atoms with E-state index >= 15 is 0 Å². The summed E-state index contributed by atoms with van der Waals surface area (Å²) < 4.78 is 5.49. The Morgan fingerprint density at radius 3 is 3.00 bits per heavy atom. The maximum atomic E-state index is 5.49. The van der Waals surface area contributed by atoms with Gasteiger partial charge in [-0.25, -0.2) is 4.98 Å². The first-order valence-corrected chi connectivity index (χ1v) is 10.5. The zero-order valence-electron chi connectivity index (χ0n) is 15.1. The lowest BCUT2D eigenvalue weighted by Crippen LogP contribution is -2.52. The summed E-state index contributed by atoms with van der Waals surface area (Å²) in [5.41, 5.74) is 4.35. The SMILES string of the molecule is CC1NN=C2CN(c3nc4c(c(NC5CCOCC5)n3)SCC4)CCN21. The van der Waals surface area contributed by atoms with Crippen molar-refractivity contribution in [2.45, 2.75) is 43.3 Å². The number of nitrogens with zero attached hydrogens (tertiary/aromatic N) is 5. The molecule has 5 heterocycles. The Morgan fingerprint density at radius 1 is 1.23 bits per heavy atom. The standard InChI is InChI=1S/C17H25N7OS/c1-11-21-22-14-10-23(5-6-24(11)14)17-19-13-4-9-26-15(13)16(20-17)18-12-2-7-25-8-3-12/h11-12,21H,2-10H2,1H3,(H,18,19,20). The van der Waals surface area contributed by atoms with Crippen LogP contribution in [0, 0.1) is 0 Å². The number of fused-ring (bicyclic) bond motifs is 2. The third-order valence-corrected chi connectivity index (χ3v) is 6.60. The van der Waals surface area contributed by atoms with Gasteiger partial charge < -0.3 is 19.9 Å². The molecule has 0 saturated carbocycles. The van der Waals surface area contributed by atoms with E-state index in [4.69, 9.17) is 14.7 Å². The second-order valence-electron chi connectivity index (χ2n) is 7.23. The Hall–Kier alpha value is -1.74. The van der Waals surface area contributed by atoms with E-state index in [1.165, 1.54) is 10.6 Å². The van der Waals surface area contributed by atoms with Crippen molar-refractivity contribution >= 4 is 29.4 Å². The number of amidine groups is 1. The minimum atomic E-state index is 0.287. The zero-order chi connectivity index (χ0) is 17.5. The highest BCUT2D eigenvalue weighted by molar-refractivity contribution is 7.99. The Kier molecular flexibility index (Phi) is 4.28. The predicted octanol–water partition coefficient (Wildman–Crippen LogP) is 1.10. The molecule has 1 atom stereocenters. The van der Waals surface area contributed by atoms with Gasteiger partial charge in [-0.3, -0.25) is 5.43 Å². The first kappa shape index (κ1) is 16.4. The monoisotopic (exact) mass is 375 g/mol. The van der Waals surface area contributed by atoms with Crippen LogP contribution in [-0.2, 0) is 11.2 Å². The summed E-state index contributed by atoms with van der Waals surface area (Å²) in [5.74, 6) is 4.03. The van der Waals surface area contributed by atoms with Gasteiger partial charge >= 0.3 is 0 Å². The fourth-order valence-corrected chi connectivity index (χ4v) is 5.01.